The monoisotopic (exact) mass is 274 g/mol. The summed E-state index contributed by atoms with van der Waals surface area (Å²) in [5.74, 6) is -0.110. The minimum absolute atomic E-state index is 0.110. The number of para-hydroxylation sites is 1. The van der Waals surface area contributed by atoms with E-state index in [4.69, 9.17) is 11.6 Å². The number of ketones is 1. The highest BCUT2D eigenvalue weighted by Crippen LogP contribution is 2.27. The second kappa shape index (κ2) is 4.48. The number of hydrogen-bond donors (Lipinski definition) is 0. The molecule has 5 heteroatoms. The van der Waals surface area contributed by atoms with Crippen molar-refractivity contribution in [3.05, 3.63) is 57.5 Å². The molecule has 0 fully saturated rings. The van der Waals surface area contributed by atoms with Crippen LogP contribution in [-0.2, 0) is 0 Å². The number of fused-ring (bicyclic) bond motifs is 1. The number of aromatic nitrogens is 2. The maximum atomic E-state index is 12.4. The number of nitrogens with zero attached hydrogens (tertiary/aromatic N) is 2. The Morgan fingerprint density at radius 1 is 1.17 bits per heavy atom. The van der Waals surface area contributed by atoms with Gasteiger partial charge in [0.25, 0.3) is 0 Å². The van der Waals surface area contributed by atoms with Gasteiger partial charge in [0.15, 0.2) is 0 Å². The van der Waals surface area contributed by atoms with E-state index in [0.29, 0.717) is 26.5 Å². The molecule has 1 aromatic carbocycles. The first-order chi connectivity index (χ1) is 8.77. The molecule has 0 bridgehead atoms. The Morgan fingerprint density at radius 2 is 2.00 bits per heavy atom. The molecule has 0 unspecified atom stereocenters. The molecule has 0 saturated heterocycles. The van der Waals surface area contributed by atoms with Crippen LogP contribution in [-0.4, -0.2) is 15.8 Å². The zero-order chi connectivity index (χ0) is 12.5. The zero-order valence-corrected chi connectivity index (χ0v) is 10.7. The third-order valence-electron chi connectivity index (χ3n) is 2.57. The molecule has 0 aliphatic carbocycles. The summed E-state index contributed by atoms with van der Waals surface area (Å²) in [6, 6.07) is 7.09. The van der Waals surface area contributed by atoms with Crippen LogP contribution in [0.1, 0.15) is 15.2 Å². The minimum Gasteiger partial charge on any atom is -0.288 e. The summed E-state index contributed by atoms with van der Waals surface area (Å²) >= 11 is 7.32. The van der Waals surface area contributed by atoms with Gasteiger partial charge in [-0.2, -0.15) is 0 Å². The Kier molecular flexibility index (Phi) is 2.81. The van der Waals surface area contributed by atoms with Crippen LogP contribution < -0.4 is 0 Å². The zero-order valence-electron chi connectivity index (χ0n) is 9.13. The summed E-state index contributed by atoms with van der Waals surface area (Å²) in [7, 11) is 0. The van der Waals surface area contributed by atoms with Gasteiger partial charge >= 0.3 is 0 Å². The standard InChI is InChI=1S/C13H7ClN2OS/c14-9-4-7-18-13(9)12(17)8-2-1-3-10-11(8)16-6-5-15-10/h1-7H. The Labute approximate surface area is 112 Å². The van der Waals surface area contributed by atoms with E-state index < -0.39 is 0 Å². The van der Waals surface area contributed by atoms with Gasteiger partial charge in [-0.3, -0.25) is 14.8 Å². The Morgan fingerprint density at radius 3 is 2.78 bits per heavy atom. The molecule has 88 valence electrons. The fourth-order valence-corrected chi connectivity index (χ4v) is 2.85. The lowest BCUT2D eigenvalue weighted by atomic mass is 10.1. The van der Waals surface area contributed by atoms with Crippen molar-refractivity contribution in [1.82, 2.24) is 9.97 Å². The molecule has 0 spiro atoms. The number of hydrogen-bond acceptors (Lipinski definition) is 4. The summed E-state index contributed by atoms with van der Waals surface area (Å²) in [6.07, 6.45) is 3.18. The fraction of sp³-hybridized carbons (Fsp3) is 0. The molecule has 2 aromatic heterocycles. The van der Waals surface area contributed by atoms with Crippen LogP contribution in [0.15, 0.2) is 42.0 Å². The first-order valence-corrected chi connectivity index (χ1v) is 6.50. The van der Waals surface area contributed by atoms with Crippen molar-refractivity contribution >= 4 is 39.8 Å². The van der Waals surface area contributed by atoms with Crippen LogP contribution in [0.3, 0.4) is 0 Å². The molecule has 18 heavy (non-hydrogen) atoms. The summed E-state index contributed by atoms with van der Waals surface area (Å²) in [5, 5.41) is 2.28. The fourth-order valence-electron chi connectivity index (χ4n) is 1.75. The number of benzene rings is 1. The van der Waals surface area contributed by atoms with Crippen LogP contribution in [0.5, 0.6) is 0 Å². The van der Waals surface area contributed by atoms with E-state index in [-0.39, 0.29) is 5.78 Å². The summed E-state index contributed by atoms with van der Waals surface area (Å²) in [4.78, 5) is 21.3. The quantitative estimate of drug-likeness (QED) is 0.671. The van der Waals surface area contributed by atoms with E-state index in [1.807, 2.05) is 6.07 Å². The van der Waals surface area contributed by atoms with Gasteiger partial charge in [-0.25, -0.2) is 0 Å². The van der Waals surface area contributed by atoms with E-state index in [1.165, 1.54) is 11.3 Å². The molecule has 2 heterocycles. The van der Waals surface area contributed by atoms with Gasteiger partial charge < -0.3 is 0 Å². The van der Waals surface area contributed by atoms with Crippen molar-refractivity contribution in [3.8, 4) is 0 Å². The van der Waals surface area contributed by atoms with Gasteiger partial charge in [0.2, 0.25) is 5.78 Å². The molecule has 0 atom stereocenters. The Bertz CT molecular complexity index is 733. The lowest BCUT2D eigenvalue weighted by Gasteiger charge is -2.03. The van der Waals surface area contributed by atoms with Gasteiger partial charge in [0.05, 0.1) is 26.5 Å². The third kappa shape index (κ3) is 1.79. The SMILES string of the molecule is O=C(c1sccc1Cl)c1cccc2nccnc12. The first-order valence-electron chi connectivity index (χ1n) is 5.25. The number of rotatable bonds is 2. The molecule has 0 radical (unpaired) electrons. The lowest BCUT2D eigenvalue weighted by Crippen LogP contribution is -2.01. The van der Waals surface area contributed by atoms with Crippen LogP contribution in [0, 0.1) is 0 Å². The predicted molar refractivity (Wildman–Crippen MR) is 72.3 cm³/mol. The van der Waals surface area contributed by atoms with Gasteiger partial charge in [-0.05, 0) is 23.6 Å². The molecule has 3 rings (SSSR count). The van der Waals surface area contributed by atoms with Gasteiger partial charge in [0, 0.05) is 12.4 Å². The van der Waals surface area contributed by atoms with E-state index in [1.54, 1.807) is 36.0 Å². The van der Waals surface area contributed by atoms with Crippen LogP contribution in [0.25, 0.3) is 11.0 Å². The summed E-state index contributed by atoms with van der Waals surface area (Å²) in [6.45, 7) is 0. The Hall–Kier alpha value is -1.78. The molecule has 3 aromatic rings. The van der Waals surface area contributed by atoms with Crippen LogP contribution >= 0.6 is 22.9 Å². The molecule has 0 amide bonds. The van der Waals surface area contributed by atoms with Crippen molar-refractivity contribution in [1.29, 1.82) is 0 Å². The summed E-state index contributed by atoms with van der Waals surface area (Å²) in [5.41, 5.74) is 1.84. The smallest absolute Gasteiger partial charge is 0.206 e. The first kappa shape index (κ1) is 11.3. The number of thiophene rings is 1. The van der Waals surface area contributed by atoms with Crippen molar-refractivity contribution < 1.29 is 4.79 Å². The average molecular weight is 275 g/mol. The Balaban J connectivity index is 2.21. The summed E-state index contributed by atoms with van der Waals surface area (Å²) < 4.78 is 0. The van der Waals surface area contributed by atoms with Crippen molar-refractivity contribution in [2.75, 3.05) is 0 Å². The van der Waals surface area contributed by atoms with Crippen molar-refractivity contribution in [2.24, 2.45) is 0 Å². The van der Waals surface area contributed by atoms with Crippen LogP contribution in [0.4, 0.5) is 0 Å². The molecule has 0 N–H and O–H groups in total. The molecule has 0 aliphatic rings. The highest BCUT2D eigenvalue weighted by Gasteiger charge is 2.17. The lowest BCUT2D eigenvalue weighted by molar-refractivity contribution is 0.104. The van der Waals surface area contributed by atoms with Crippen molar-refractivity contribution in [2.45, 2.75) is 0 Å². The van der Waals surface area contributed by atoms with E-state index in [0.717, 1.165) is 0 Å². The van der Waals surface area contributed by atoms with Crippen molar-refractivity contribution in [3.63, 3.8) is 0 Å². The third-order valence-corrected chi connectivity index (χ3v) is 3.91. The molecular weight excluding hydrogens is 268 g/mol. The highest BCUT2D eigenvalue weighted by molar-refractivity contribution is 7.13. The maximum absolute atomic E-state index is 12.4. The number of carbonyl (C=O) groups excluding carboxylic acids is 1. The average Bonchev–Trinajstić information content (AvgIpc) is 2.83. The molecular formula is C13H7ClN2OS. The normalized spacial score (nSPS) is 10.7. The van der Waals surface area contributed by atoms with Gasteiger partial charge in [-0.15, -0.1) is 11.3 Å². The van der Waals surface area contributed by atoms with Gasteiger partial charge in [0.1, 0.15) is 0 Å². The molecule has 0 aliphatic heterocycles. The predicted octanol–water partition coefficient (Wildman–Crippen LogP) is 3.58. The van der Waals surface area contributed by atoms with Gasteiger partial charge in [-0.1, -0.05) is 17.7 Å². The van der Waals surface area contributed by atoms with E-state index in [2.05, 4.69) is 9.97 Å². The molecule has 3 nitrogen and oxygen atoms in total. The van der Waals surface area contributed by atoms with Crippen LogP contribution in [0.2, 0.25) is 5.02 Å². The van der Waals surface area contributed by atoms with E-state index in [9.17, 15) is 4.79 Å². The second-order valence-corrected chi connectivity index (χ2v) is 4.98. The number of carbonyl (C=O) groups is 1. The topological polar surface area (TPSA) is 42.9 Å². The largest absolute Gasteiger partial charge is 0.288 e. The maximum Gasteiger partial charge on any atom is 0.206 e. The van der Waals surface area contributed by atoms with E-state index >= 15 is 0 Å². The highest BCUT2D eigenvalue weighted by atomic mass is 35.5. The number of halogens is 1. The molecule has 0 saturated carbocycles. The second-order valence-electron chi connectivity index (χ2n) is 3.66. The minimum atomic E-state index is -0.110.